The molecule has 1 saturated heterocycles. The van der Waals surface area contributed by atoms with E-state index < -0.39 is 21.8 Å². The Balaban J connectivity index is 1.91. The molecule has 0 bridgehead atoms. The average Bonchev–Trinajstić information content (AvgIpc) is 3.25. The standard InChI is InChI=1S/C14H16N4O4S3/c15-12(19)9-6-11(25(21,22)18-4-2-1-3-5-18)24-14(9)17-13(20)10-7-16-8-23-10/h6-8H,1-5H2,(H2,15,19)(H,17,20). The molecule has 0 radical (unpaired) electrons. The fraction of sp³-hybridized carbons (Fsp3) is 0.357. The normalized spacial score (nSPS) is 15.8. The minimum absolute atomic E-state index is 0.00260. The van der Waals surface area contributed by atoms with Crippen molar-refractivity contribution >= 4 is 49.5 Å². The Morgan fingerprint density at radius 2 is 1.96 bits per heavy atom. The Bertz CT molecular complexity index is 883. The van der Waals surface area contributed by atoms with Crippen LogP contribution in [0, 0.1) is 0 Å². The van der Waals surface area contributed by atoms with Crippen molar-refractivity contribution in [3.8, 4) is 0 Å². The lowest BCUT2D eigenvalue weighted by Gasteiger charge is -2.25. The van der Waals surface area contributed by atoms with Gasteiger partial charge in [-0.15, -0.1) is 22.7 Å². The van der Waals surface area contributed by atoms with Crippen LogP contribution in [-0.4, -0.2) is 42.6 Å². The monoisotopic (exact) mass is 400 g/mol. The fourth-order valence-electron chi connectivity index (χ4n) is 2.50. The van der Waals surface area contributed by atoms with Gasteiger partial charge in [-0.3, -0.25) is 14.6 Å². The maximum Gasteiger partial charge on any atom is 0.267 e. The van der Waals surface area contributed by atoms with Crippen LogP contribution in [0.4, 0.5) is 5.00 Å². The summed E-state index contributed by atoms with van der Waals surface area (Å²) in [5.74, 6) is -1.26. The first-order valence-corrected chi connectivity index (χ1v) is 10.7. The van der Waals surface area contributed by atoms with E-state index in [0.29, 0.717) is 18.0 Å². The number of sulfonamides is 1. The predicted octanol–water partition coefficient (Wildman–Crippen LogP) is 1.73. The summed E-state index contributed by atoms with van der Waals surface area (Å²) in [5.41, 5.74) is 6.83. The number of carbonyl (C=O) groups is 2. The largest absolute Gasteiger partial charge is 0.366 e. The van der Waals surface area contributed by atoms with E-state index in [-0.39, 0.29) is 14.8 Å². The fourth-order valence-corrected chi connectivity index (χ4v) is 6.05. The van der Waals surface area contributed by atoms with Crippen LogP contribution >= 0.6 is 22.7 Å². The van der Waals surface area contributed by atoms with Crippen LogP contribution in [0.25, 0.3) is 0 Å². The molecule has 0 saturated carbocycles. The van der Waals surface area contributed by atoms with Crippen molar-refractivity contribution in [2.75, 3.05) is 18.4 Å². The summed E-state index contributed by atoms with van der Waals surface area (Å²) in [6.07, 6.45) is 4.01. The number of anilines is 1. The molecule has 0 atom stereocenters. The number of nitrogens with two attached hydrogens (primary N) is 1. The van der Waals surface area contributed by atoms with Gasteiger partial charge in [-0.2, -0.15) is 4.31 Å². The molecular formula is C14H16N4O4S3. The van der Waals surface area contributed by atoms with Crippen LogP contribution in [0.5, 0.6) is 0 Å². The number of carbonyl (C=O) groups excluding carboxylic acids is 2. The highest BCUT2D eigenvalue weighted by Gasteiger charge is 2.30. The van der Waals surface area contributed by atoms with Gasteiger partial charge in [-0.25, -0.2) is 8.42 Å². The number of aromatic nitrogens is 1. The molecule has 25 heavy (non-hydrogen) atoms. The van der Waals surface area contributed by atoms with E-state index in [1.54, 1.807) is 0 Å². The number of hydrogen-bond acceptors (Lipinski definition) is 7. The van der Waals surface area contributed by atoms with Crippen molar-refractivity contribution in [2.24, 2.45) is 5.73 Å². The molecule has 2 aromatic heterocycles. The molecule has 2 amide bonds. The number of amides is 2. The Kier molecular flexibility index (Phi) is 5.18. The van der Waals surface area contributed by atoms with Gasteiger partial charge < -0.3 is 11.1 Å². The van der Waals surface area contributed by atoms with Crippen molar-refractivity contribution in [1.29, 1.82) is 0 Å². The van der Waals surface area contributed by atoms with Crippen LogP contribution in [0.15, 0.2) is 22.0 Å². The molecule has 1 fully saturated rings. The zero-order valence-electron chi connectivity index (χ0n) is 13.1. The van der Waals surface area contributed by atoms with Gasteiger partial charge in [0.2, 0.25) is 0 Å². The molecule has 11 heteroatoms. The number of nitrogens with zero attached hydrogens (tertiary/aromatic N) is 2. The van der Waals surface area contributed by atoms with E-state index in [9.17, 15) is 18.0 Å². The van der Waals surface area contributed by atoms with Crippen LogP contribution < -0.4 is 11.1 Å². The molecule has 1 aliphatic rings. The summed E-state index contributed by atoms with van der Waals surface area (Å²) >= 11 is 1.97. The maximum atomic E-state index is 12.8. The van der Waals surface area contributed by atoms with Gasteiger partial charge in [0.25, 0.3) is 21.8 Å². The number of thiazole rings is 1. The Hall–Kier alpha value is -1.82. The predicted molar refractivity (Wildman–Crippen MR) is 95.5 cm³/mol. The molecule has 3 N–H and O–H groups in total. The second-order valence-electron chi connectivity index (χ2n) is 5.46. The molecule has 0 aliphatic carbocycles. The van der Waals surface area contributed by atoms with Crippen LogP contribution in [0.3, 0.4) is 0 Å². The summed E-state index contributed by atoms with van der Waals surface area (Å²) in [5, 5.41) is 2.68. The number of hydrogen-bond donors (Lipinski definition) is 2. The van der Waals surface area contributed by atoms with Gasteiger partial charge in [-0.05, 0) is 18.9 Å². The molecule has 3 heterocycles. The van der Waals surface area contributed by atoms with E-state index in [2.05, 4.69) is 10.3 Å². The van der Waals surface area contributed by atoms with Gasteiger partial charge >= 0.3 is 0 Å². The molecule has 2 aromatic rings. The number of thiophene rings is 1. The first kappa shape index (κ1) is 18.0. The van der Waals surface area contributed by atoms with Gasteiger partial charge in [-0.1, -0.05) is 6.42 Å². The highest BCUT2D eigenvalue weighted by Crippen LogP contribution is 2.34. The van der Waals surface area contributed by atoms with Gasteiger partial charge in [0.15, 0.2) is 0 Å². The summed E-state index contributed by atoms with van der Waals surface area (Å²) in [6, 6.07) is 1.24. The van der Waals surface area contributed by atoms with Crippen LogP contribution in [0.1, 0.15) is 39.3 Å². The van der Waals surface area contributed by atoms with Crippen molar-refractivity contribution in [2.45, 2.75) is 23.5 Å². The first-order valence-electron chi connectivity index (χ1n) is 7.53. The molecule has 0 spiro atoms. The topological polar surface area (TPSA) is 122 Å². The van der Waals surface area contributed by atoms with Gasteiger partial charge in [0, 0.05) is 13.1 Å². The molecule has 3 rings (SSSR count). The Morgan fingerprint density at radius 1 is 1.24 bits per heavy atom. The number of piperidine rings is 1. The summed E-state index contributed by atoms with van der Waals surface area (Å²) in [4.78, 5) is 28.0. The lowest BCUT2D eigenvalue weighted by molar-refractivity contribution is 0.100. The molecule has 8 nitrogen and oxygen atoms in total. The highest BCUT2D eigenvalue weighted by atomic mass is 32.2. The lowest BCUT2D eigenvalue weighted by atomic mass is 10.2. The third-order valence-electron chi connectivity index (χ3n) is 3.77. The molecule has 0 aromatic carbocycles. The lowest BCUT2D eigenvalue weighted by Crippen LogP contribution is -2.35. The van der Waals surface area contributed by atoms with Crippen molar-refractivity contribution in [3.63, 3.8) is 0 Å². The zero-order chi connectivity index (χ0) is 18.0. The number of primary amides is 1. The Morgan fingerprint density at radius 3 is 2.56 bits per heavy atom. The van der Waals surface area contributed by atoms with Crippen LogP contribution in [-0.2, 0) is 10.0 Å². The van der Waals surface area contributed by atoms with Crippen molar-refractivity contribution in [1.82, 2.24) is 9.29 Å². The first-order chi connectivity index (χ1) is 11.9. The third kappa shape index (κ3) is 3.73. The van der Waals surface area contributed by atoms with Gasteiger partial charge in [0.05, 0.1) is 17.3 Å². The molecule has 1 aliphatic heterocycles. The maximum absolute atomic E-state index is 12.8. The quantitative estimate of drug-likeness (QED) is 0.791. The van der Waals surface area contributed by atoms with E-state index in [1.165, 1.54) is 22.1 Å². The summed E-state index contributed by atoms with van der Waals surface area (Å²) in [7, 11) is -3.70. The minimum Gasteiger partial charge on any atom is -0.366 e. The average molecular weight is 401 g/mol. The van der Waals surface area contributed by atoms with E-state index in [4.69, 9.17) is 5.73 Å². The van der Waals surface area contributed by atoms with E-state index >= 15 is 0 Å². The van der Waals surface area contributed by atoms with E-state index in [0.717, 1.165) is 41.9 Å². The molecular weight excluding hydrogens is 384 g/mol. The van der Waals surface area contributed by atoms with Crippen LogP contribution in [0.2, 0.25) is 0 Å². The minimum atomic E-state index is -3.70. The van der Waals surface area contributed by atoms with Crippen molar-refractivity contribution in [3.05, 3.63) is 28.2 Å². The SMILES string of the molecule is NC(=O)c1cc(S(=O)(=O)N2CCCCC2)sc1NC(=O)c1cncs1. The second-order valence-corrected chi connectivity index (χ2v) is 9.56. The Labute approximate surface area is 152 Å². The number of nitrogens with one attached hydrogen (secondary N) is 1. The highest BCUT2D eigenvalue weighted by molar-refractivity contribution is 7.91. The smallest absolute Gasteiger partial charge is 0.267 e. The number of rotatable bonds is 5. The molecule has 134 valence electrons. The molecule has 0 unspecified atom stereocenters. The summed E-state index contributed by atoms with van der Waals surface area (Å²) < 4.78 is 26.9. The summed E-state index contributed by atoms with van der Waals surface area (Å²) in [6.45, 7) is 0.906. The zero-order valence-corrected chi connectivity index (χ0v) is 15.5. The second kappa shape index (κ2) is 7.20. The van der Waals surface area contributed by atoms with E-state index in [1.807, 2.05) is 0 Å². The third-order valence-corrected chi connectivity index (χ3v) is 7.94. The van der Waals surface area contributed by atoms with Crippen molar-refractivity contribution < 1.29 is 18.0 Å². The van der Waals surface area contributed by atoms with Gasteiger partial charge in [0.1, 0.15) is 14.1 Å².